The highest BCUT2D eigenvalue weighted by atomic mass is 16.1. The maximum atomic E-state index is 11.8. The molecule has 0 unspecified atom stereocenters. The predicted octanol–water partition coefficient (Wildman–Crippen LogP) is 4.33. The van der Waals surface area contributed by atoms with Crippen LogP contribution in [-0.4, -0.2) is 11.6 Å². The molecule has 0 aromatic heterocycles. The minimum Gasteiger partial charge on any atom is -0.300 e. The minimum absolute atomic E-state index is 0.201. The Morgan fingerprint density at radius 2 is 1.79 bits per heavy atom. The first kappa shape index (κ1) is 16.1. The van der Waals surface area contributed by atoms with E-state index in [4.69, 9.17) is 0 Å². The average molecular weight is 264 g/mol. The van der Waals surface area contributed by atoms with Gasteiger partial charge in [-0.2, -0.15) is 0 Å². The fourth-order valence-electron chi connectivity index (χ4n) is 3.15. The Balaban J connectivity index is 2.37. The Labute approximate surface area is 117 Å². The molecule has 0 bridgehead atoms. The molecule has 0 saturated heterocycles. The predicted molar refractivity (Wildman–Crippen MR) is 79.0 cm³/mol. The number of hydrogen-bond acceptors (Lipinski definition) is 2. The standard InChI is InChI=1S/C17H28O2/c1-6-15(19)16-14(17(16,4)5)11-10-12(2)8-7-9-13(3)18/h8,14,16H,6-7,9-11H2,1-5H3/b12-8+/t14-,16+/m1/s1. The molecule has 0 N–H and O–H groups in total. The third-order valence-corrected chi connectivity index (χ3v) is 4.58. The van der Waals surface area contributed by atoms with Gasteiger partial charge in [0.2, 0.25) is 0 Å². The number of allylic oxidation sites excluding steroid dienone is 2. The van der Waals surface area contributed by atoms with Crippen molar-refractivity contribution in [2.75, 3.05) is 0 Å². The molecule has 1 saturated carbocycles. The van der Waals surface area contributed by atoms with Gasteiger partial charge in [-0.15, -0.1) is 0 Å². The Morgan fingerprint density at radius 1 is 1.16 bits per heavy atom. The van der Waals surface area contributed by atoms with Crippen LogP contribution in [0.5, 0.6) is 0 Å². The van der Waals surface area contributed by atoms with E-state index < -0.39 is 0 Å². The molecule has 0 radical (unpaired) electrons. The first-order valence-electron chi connectivity index (χ1n) is 7.48. The molecular formula is C17H28O2. The molecule has 1 aliphatic carbocycles. The third kappa shape index (κ3) is 4.29. The van der Waals surface area contributed by atoms with Crippen LogP contribution in [0.4, 0.5) is 0 Å². The lowest BCUT2D eigenvalue weighted by molar-refractivity contribution is -0.121. The molecule has 2 heteroatoms. The van der Waals surface area contributed by atoms with Crippen LogP contribution in [0.3, 0.4) is 0 Å². The molecule has 0 aliphatic heterocycles. The van der Waals surface area contributed by atoms with Crippen molar-refractivity contribution in [1.82, 2.24) is 0 Å². The monoisotopic (exact) mass is 264 g/mol. The van der Waals surface area contributed by atoms with Crippen LogP contribution in [0.25, 0.3) is 0 Å². The number of Topliss-reactive ketones (excluding diaryl/α,β-unsaturated/α-hetero) is 2. The van der Waals surface area contributed by atoms with E-state index in [9.17, 15) is 9.59 Å². The SMILES string of the molecule is CCC(=O)[C@@H]1[C@@H](CC/C(C)=C/CCC(C)=O)C1(C)C. The fraction of sp³-hybridized carbons (Fsp3) is 0.765. The van der Waals surface area contributed by atoms with E-state index >= 15 is 0 Å². The van der Waals surface area contributed by atoms with Crippen LogP contribution in [-0.2, 0) is 9.59 Å². The quantitative estimate of drug-likeness (QED) is 0.611. The highest BCUT2D eigenvalue weighted by Crippen LogP contribution is 2.61. The van der Waals surface area contributed by atoms with Crippen LogP contribution in [0.2, 0.25) is 0 Å². The topological polar surface area (TPSA) is 34.1 Å². The summed E-state index contributed by atoms with van der Waals surface area (Å²) in [4.78, 5) is 22.7. The third-order valence-electron chi connectivity index (χ3n) is 4.58. The van der Waals surface area contributed by atoms with Gasteiger partial charge < -0.3 is 4.79 Å². The van der Waals surface area contributed by atoms with Gasteiger partial charge in [-0.25, -0.2) is 0 Å². The average Bonchev–Trinajstić information content (AvgIpc) is 2.87. The van der Waals surface area contributed by atoms with Crippen LogP contribution in [0.1, 0.15) is 66.7 Å². The molecule has 0 spiro atoms. The molecule has 2 nitrogen and oxygen atoms in total. The van der Waals surface area contributed by atoms with E-state index in [1.165, 1.54) is 5.57 Å². The maximum absolute atomic E-state index is 11.8. The van der Waals surface area contributed by atoms with E-state index in [1.807, 2.05) is 6.92 Å². The molecule has 108 valence electrons. The molecule has 2 atom stereocenters. The lowest BCUT2D eigenvalue weighted by Crippen LogP contribution is -2.03. The molecule has 0 aromatic carbocycles. The lowest BCUT2D eigenvalue weighted by Gasteiger charge is -2.03. The largest absolute Gasteiger partial charge is 0.300 e. The van der Waals surface area contributed by atoms with E-state index in [2.05, 4.69) is 26.8 Å². The van der Waals surface area contributed by atoms with Crippen LogP contribution < -0.4 is 0 Å². The lowest BCUT2D eigenvalue weighted by atomic mass is 10.0. The smallest absolute Gasteiger partial charge is 0.136 e. The van der Waals surface area contributed by atoms with Crippen molar-refractivity contribution >= 4 is 11.6 Å². The zero-order chi connectivity index (χ0) is 14.6. The first-order chi connectivity index (χ1) is 8.80. The zero-order valence-corrected chi connectivity index (χ0v) is 13.1. The summed E-state index contributed by atoms with van der Waals surface area (Å²) in [5, 5.41) is 0. The summed E-state index contributed by atoms with van der Waals surface area (Å²) in [6, 6.07) is 0. The Hall–Kier alpha value is -0.920. The van der Waals surface area contributed by atoms with Crippen molar-refractivity contribution in [3.05, 3.63) is 11.6 Å². The maximum Gasteiger partial charge on any atom is 0.136 e. The molecule has 1 aliphatic rings. The van der Waals surface area contributed by atoms with E-state index in [0.717, 1.165) is 19.3 Å². The Morgan fingerprint density at radius 3 is 2.32 bits per heavy atom. The van der Waals surface area contributed by atoms with Crippen LogP contribution in [0, 0.1) is 17.3 Å². The zero-order valence-electron chi connectivity index (χ0n) is 13.1. The summed E-state index contributed by atoms with van der Waals surface area (Å²) >= 11 is 0. The molecule has 0 amide bonds. The van der Waals surface area contributed by atoms with Crippen molar-refractivity contribution in [3.8, 4) is 0 Å². The van der Waals surface area contributed by atoms with Crippen LogP contribution in [0.15, 0.2) is 11.6 Å². The second kappa shape index (κ2) is 6.49. The second-order valence-electron chi connectivity index (χ2n) is 6.56. The summed E-state index contributed by atoms with van der Waals surface area (Å²) in [5.41, 5.74) is 1.55. The van der Waals surface area contributed by atoms with Crippen molar-refractivity contribution in [2.24, 2.45) is 17.3 Å². The van der Waals surface area contributed by atoms with E-state index in [-0.39, 0.29) is 17.1 Å². The molecule has 1 fully saturated rings. The van der Waals surface area contributed by atoms with Gasteiger partial charge in [-0.1, -0.05) is 32.4 Å². The minimum atomic E-state index is 0.201. The summed E-state index contributed by atoms with van der Waals surface area (Å²) in [6.45, 7) is 10.2. The highest BCUT2D eigenvalue weighted by molar-refractivity contribution is 5.84. The van der Waals surface area contributed by atoms with Crippen molar-refractivity contribution < 1.29 is 9.59 Å². The molecular weight excluding hydrogens is 236 g/mol. The van der Waals surface area contributed by atoms with Crippen molar-refractivity contribution in [3.63, 3.8) is 0 Å². The van der Waals surface area contributed by atoms with E-state index in [0.29, 0.717) is 24.5 Å². The summed E-state index contributed by atoms with van der Waals surface area (Å²) in [7, 11) is 0. The van der Waals surface area contributed by atoms with Gasteiger partial charge in [0.25, 0.3) is 0 Å². The Bertz CT molecular complexity index is 377. The van der Waals surface area contributed by atoms with E-state index in [1.54, 1.807) is 6.92 Å². The van der Waals surface area contributed by atoms with Crippen molar-refractivity contribution in [1.29, 1.82) is 0 Å². The highest BCUT2D eigenvalue weighted by Gasteiger charge is 2.59. The summed E-state index contributed by atoms with van der Waals surface area (Å²) in [6.07, 6.45) is 6.49. The number of hydrogen-bond donors (Lipinski definition) is 0. The second-order valence-corrected chi connectivity index (χ2v) is 6.56. The van der Waals surface area contributed by atoms with Gasteiger partial charge in [0.05, 0.1) is 0 Å². The molecule has 19 heavy (non-hydrogen) atoms. The number of carbonyl (C=O) groups excluding carboxylic acids is 2. The van der Waals surface area contributed by atoms with Gasteiger partial charge >= 0.3 is 0 Å². The van der Waals surface area contributed by atoms with Crippen molar-refractivity contribution in [2.45, 2.75) is 66.7 Å². The number of rotatable bonds is 8. The van der Waals surface area contributed by atoms with Crippen LogP contribution >= 0.6 is 0 Å². The normalized spacial score (nSPS) is 25.2. The fourth-order valence-corrected chi connectivity index (χ4v) is 3.15. The summed E-state index contributed by atoms with van der Waals surface area (Å²) in [5.74, 6) is 1.51. The van der Waals surface area contributed by atoms with Gasteiger partial charge in [-0.05, 0) is 44.4 Å². The number of carbonyl (C=O) groups is 2. The van der Waals surface area contributed by atoms with Gasteiger partial charge in [0.1, 0.15) is 11.6 Å². The molecule has 1 rings (SSSR count). The summed E-state index contributed by atoms with van der Waals surface area (Å²) < 4.78 is 0. The molecule has 0 aromatic rings. The van der Waals surface area contributed by atoms with Gasteiger partial charge in [0.15, 0.2) is 0 Å². The first-order valence-corrected chi connectivity index (χ1v) is 7.48. The van der Waals surface area contributed by atoms with Gasteiger partial charge in [0, 0.05) is 18.8 Å². The Kier molecular flexibility index (Phi) is 5.51. The molecule has 0 heterocycles. The number of ketones is 2. The van der Waals surface area contributed by atoms with Gasteiger partial charge in [-0.3, -0.25) is 4.79 Å².